The van der Waals surface area contributed by atoms with Crippen LogP contribution in [0, 0.1) is 12.8 Å². The molecular formula is C24H27F6N3O7. The van der Waals surface area contributed by atoms with E-state index < -0.39 is 24.3 Å². The summed E-state index contributed by atoms with van der Waals surface area (Å²) in [5, 5.41) is 14.2. The van der Waals surface area contributed by atoms with Crippen molar-refractivity contribution >= 4 is 17.8 Å². The number of alkyl halides is 6. The lowest BCUT2D eigenvalue weighted by molar-refractivity contribution is -0.193. The molecule has 4 heterocycles. The zero-order valence-electron chi connectivity index (χ0n) is 21.1. The number of fused-ring (bicyclic) bond motifs is 1. The van der Waals surface area contributed by atoms with E-state index in [-0.39, 0.29) is 17.9 Å². The first-order valence-corrected chi connectivity index (χ1v) is 11.7. The van der Waals surface area contributed by atoms with Crippen LogP contribution in [0.3, 0.4) is 0 Å². The molecule has 4 rings (SSSR count). The molecule has 0 spiro atoms. The van der Waals surface area contributed by atoms with Crippen molar-refractivity contribution in [2.45, 2.75) is 44.9 Å². The number of carbonyl (C=O) groups excluding carboxylic acids is 1. The van der Waals surface area contributed by atoms with E-state index in [1.165, 1.54) is 0 Å². The van der Waals surface area contributed by atoms with Gasteiger partial charge in [0.1, 0.15) is 0 Å². The number of hydrogen-bond acceptors (Lipinski definition) is 7. The molecule has 0 saturated carbocycles. The van der Waals surface area contributed by atoms with E-state index in [0.717, 1.165) is 43.0 Å². The van der Waals surface area contributed by atoms with E-state index in [1.807, 2.05) is 36.1 Å². The number of aryl methyl sites for hydroxylation is 1. The molecule has 2 N–H and O–H groups in total. The topological polar surface area (TPSA) is 133 Å². The van der Waals surface area contributed by atoms with Crippen LogP contribution in [0.5, 0.6) is 0 Å². The number of likely N-dealkylation sites (tertiary alicyclic amines) is 1. The third kappa shape index (κ3) is 10.5. The fourth-order valence-electron chi connectivity index (χ4n) is 3.92. The number of aliphatic carboxylic acids is 2. The fraction of sp³-hybridized carbons (Fsp3) is 0.500. The molecule has 222 valence electrons. The first-order valence-electron chi connectivity index (χ1n) is 11.7. The van der Waals surface area contributed by atoms with Crippen LogP contribution in [0.1, 0.15) is 23.4 Å². The number of furan rings is 1. The van der Waals surface area contributed by atoms with Gasteiger partial charge < -0.3 is 24.3 Å². The number of piperidine rings is 1. The number of nitrogens with zero attached hydrogens (tertiary/aromatic N) is 3. The third-order valence-electron chi connectivity index (χ3n) is 5.74. The lowest BCUT2D eigenvalue weighted by Gasteiger charge is -2.36. The highest BCUT2D eigenvalue weighted by Crippen LogP contribution is 2.27. The first kappa shape index (κ1) is 32.6. The van der Waals surface area contributed by atoms with Crippen LogP contribution in [0.2, 0.25) is 0 Å². The molecule has 0 radical (unpaired) electrons. The number of carbonyl (C=O) groups is 3. The Labute approximate surface area is 224 Å². The molecule has 0 aromatic carbocycles. The molecule has 2 aromatic heterocycles. The maximum atomic E-state index is 13.1. The van der Waals surface area contributed by atoms with Gasteiger partial charge in [-0.2, -0.15) is 26.3 Å². The molecule has 0 aliphatic carbocycles. The first-order chi connectivity index (χ1) is 18.6. The largest absolute Gasteiger partial charge is 0.490 e. The fourth-order valence-corrected chi connectivity index (χ4v) is 3.92. The number of carboxylic acid groups (broad SMARTS) is 2. The number of amides is 1. The molecule has 2 aromatic rings. The maximum Gasteiger partial charge on any atom is 0.490 e. The molecule has 40 heavy (non-hydrogen) atoms. The summed E-state index contributed by atoms with van der Waals surface area (Å²) < 4.78 is 74.7. The number of aromatic nitrogens is 1. The summed E-state index contributed by atoms with van der Waals surface area (Å²) in [7, 11) is 0. The Morgan fingerprint density at radius 3 is 2.17 bits per heavy atom. The second-order valence-electron chi connectivity index (χ2n) is 8.81. The van der Waals surface area contributed by atoms with Crippen molar-refractivity contribution in [1.82, 2.24) is 14.8 Å². The van der Waals surface area contributed by atoms with Crippen LogP contribution in [-0.4, -0.2) is 87.5 Å². The summed E-state index contributed by atoms with van der Waals surface area (Å²) >= 11 is 0. The molecule has 2 saturated heterocycles. The highest BCUT2D eigenvalue weighted by molar-refractivity contribution is 5.80. The van der Waals surface area contributed by atoms with Crippen molar-refractivity contribution in [3.05, 3.63) is 53.7 Å². The van der Waals surface area contributed by atoms with Crippen molar-refractivity contribution < 1.29 is 60.1 Å². The molecule has 2 atom stereocenters. The number of hydrogen-bond donors (Lipinski definition) is 2. The van der Waals surface area contributed by atoms with Crippen LogP contribution in [0.4, 0.5) is 26.3 Å². The van der Waals surface area contributed by atoms with Gasteiger partial charge >= 0.3 is 24.3 Å². The number of halogens is 6. The standard InChI is InChI=1S/C20H25N3O3.2C2HF3O2/c1-15-3-2-4-17(21-15)12-23-8-10-26-19-13-22(7-5-18(19)20(23)24)11-16-6-9-25-14-16;2*3-2(4,5)1(6)7/h2-4,6,9,14,18-19H,5,7-8,10-13H2,1H3;2*(H,6,7)/t18-,19+;;/m1../s1. The van der Waals surface area contributed by atoms with Gasteiger partial charge in [-0.15, -0.1) is 0 Å². The molecule has 0 unspecified atom stereocenters. The summed E-state index contributed by atoms with van der Waals surface area (Å²) in [6, 6.07) is 7.94. The number of ether oxygens (including phenoxy) is 1. The minimum absolute atomic E-state index is 0.0291. The van der Waals surface area contributed by atoms with E-state index >= 15 is 0 Å². The molecule has 1 amide bonds. The minimum atomic E-state index is -5.08. The van der Waals surface area contributed by atoms with E-state index in [4.69, 9.17) is 29.0 Å². The normalized spacial score (nSPS) is 19.8. The highest BCUT2D eigenvalue weighted by atomic mass is 19.4. The smallest absolute Gasteiger partial charge is 0.475 e. The van der Waals surface area contributed by atoms with Crippen molar-refractivity contribution in [3.63, 3.8) is 0 Å². The van der Waals surface area contributed by atoms with Gasteiger partial charge in [0.2, 0.25) is 5.91 Å². The summed E-state index contributed by atoms with van der Waals surface area (Å²) in [6.07, 6.45) is -5.88. The van der Waals surface area contributed by atoms with Gasteiger partial charge in [-0.05, 0) is 38.1 Å². The second-order valence-corrected chi connectivity index (χ2v) is 8.81. The lowest BCUT2D eigenvalue weighted by atomic mass is 9.92. The molecular weight excluding hydrogens is 556 g/mol. The SMILES string of the molecule is Cc1cccc(CN2CCO[C@H]3CN(Cc4ccoc4)CC[C@H]3C2=O)n1.O=C(O)C(F)(F)F.O=C(O)C(F)(F)F. The predicted octanol–water partition coefficient (Wildman–Crippen LogP) is 3.50. The van der Waals surface area contributed by atoms with E-state index in [0.29, 0.717) is 19.7 Å². The van der Waals surface area contributed by atoms with Gasteiger partial charge in [-0.3, -0.25) is 14.7 Å². The van der Waals surface area contributed by atoms with Crippen molar-refractivity contribution in [2.75, 3.05) is 26.2 Å². The Morgan fingerprint density at radius 2 is 1.65 bits per heavy atom. The van der Waals surface area contributed by atoms with E-state index in [1.54, 1.807) is 12.5 Å². The Balaban J connectivity index is 0.000000333. The zero-order valence-corrected chi connectivity index (χ0v) is 21.1. The molecule has 10 nitrogen and oxygen atoms in total. The lowest BCUT2D eigenvalue weighted by Crippen LogP contribution is -2.48. The zero-order chi connectivity index (χ0) is 30.1. The highest BCUT2D eigenvalue weighted by Gasteiger charge is 2.40. The average Bonchev–Trinajstić information content (AvgIpc) is 3.30. The molecule has 2 fully saturated rings. The van der Waals surface area contributed by atoms with Crippen molar-refractivity contribution in [2.24, 2.45) is 5.92 Å². The van der Waals surface area contributed by atoms with Crippen LogP contribution in [0.25, 0.3) is 0 Å². The minimum Gasteiger partial charge on any atom is -0.475 e. The van der Waals surface area contributed by atoms with Crippen LogP contribution in [-0.2, 0) is 32.2 Å². The molecule has 0 bridgehead atoms. The molecule has 2 aliphatic heterocycles. The van der Waals surface area contributed by atoms with Gasteiger partial charge in [-0.25, -0.2) is 9.59 Å². The van der Waals surface area contributed by atoms with Gasteiger partial charge in [0.05, 0.1) is 43.4 Å². The van der Waals surface area contributed by atoms with E-state index in [9.17, 15) is 31.1 Å². The van der Waals surface area contributed by atoms with Gasteiger partial charge in [0.25, 0.3) is 0 Å². The molecule has 2 aliphatic rings. The quantitative estimate of drug-likeness (QED) is 0.519. The van der Waals surface area contributed by atoms with Crippen LogP contribution in [0.15, 0.2) is 41.2 Å². The van der Waals surface area contributed by atoms with Gasteiger partial charge in [-0.1, -0.05) is 6.07 Å². The molecule has 16 heteroatoms. The summed E-state index contributed by atoms with van der Waals surface area (Å²) in [5.41, 5.74) is 3.08. The monoisotopic (exact) mass is 583 g/mol. The van der Waals surface area contributed by atoms with Crippen molar-refractivity contribution in [3.8, 4) is 0 Å². The number of carboxylic acids is 2. The van der Waals surface area contributed by atoms with E-state index in [2.05, 4.69) is 9.88 Å². The van der Waals surface area contributed by atoms with Crippen LogP contribution < -0.4 is 0 Å². The Kier molecular flexibility index (Phi) is 11.5. The van der Waals surface area contributed by atoms with Crippen LogP contribution >= 0.6 is 0 Å². The third-order valence-corrected chi connectivity index (χ3v) is 5.74. The Morgan fingerprint density at radius 1 is 1.02 bits per heavy atom. The Hall–Kier alpha value is -3.66. The predicted molar refractivity (Wildman–Crippen MR) is 124 cm³/mol. The number of rotatable bonds is 4. The average molecular weight is 583 g/mol. The summed E-state index contributed by atoms with van der Waals surface area (Å²) in [4.78, 5) is 39.7. The summed E-state index contributed by atoms with van der Waals surface area (Å²) in [5.74, 6) is -5.36. The second kappa shape index (κ2) is 14.1. The summed E-state index contributed by atoms with van der Waals surface area (Å²) in [6.45, 7) is 6.28. The van der Waals surface area contributed by atoms with Gasteiger partial charge in [0, 0.05) is 30.9 Å². The maximum absolute atomic E-state index is 13.1. The number of pyridine rings is 1. The van der Waals surface area contributed by atoms with Crippen molar-refractivity contribution in [1.29, 1.82) is 0 Å². The Bertz CT molecular complexity index is 1100. The van der Waals surface area contributed by atoms with Gasteiger partial charge in [0.15, 0.2) is 0 Å².